The second-order valence-electron chi connectivity index (χ2n) is 6.98. The number of hydrogen-bond donors (Lipinski definition) is 0. The van der Waals surface area contributed by atoms with E-state index in [1.165, 1.54) is 0 Å². The number of aromatic nitrogens is 2. The van der Waals surface area contributed by atoms with Gasteiger partial charge in [0.15, 0.2) is 11.5 Å². The molecule has 3 heterocycles. The fourth-order valence-electron chi connectivity index (χ4n) is 3.69. The lowest BCUT2D eigenvalue weighted by molar-refractivity contribution is 0.0703. The molecule has 1 saturated heterocycles. The van der Waals surface area contributed by atoms with Gasteiger partial charge >= 0.3 is 0 Å². The van der Waals surface area contributed by atoms with Crippen LogP contribution in [0.5, 0.6) is 11.5 Å². The molecule has 2 aromatic rings. The number of amides is 1. The molecule has 7 heteroatoms. The molecule has 142 valence electrons. The van der Waals surface area contributed by atoms with Gasteiger partial charge in [-0.3, -0.25) is 4.79 Å². The topological polar surface area (TPSA) is 67.8 Å². The minimum absolute atomic E-state index is 0.0105. The van der Waals surface area contributed by atoms with Gasteiger partial charge in [-0.15, -0.1) is 0 Å². The maximum Gasteiger partial charge on any atom is 0.257 e. The molecule has 0 aliphatic carbocycles. The zero-order chi connectivity index (χ0) is 18.8. The first-order chi connectivity index (χ1) is 13.1. The molecule has 0 spiro atoms. The molecule has 1 aromatic carbocycles. The van der Waals surface area contributed by atoms with Crippen molar-refractivity contribution in [1.29, 1.82) is 0 Å². The van der Waals surface area contributed by atoms with Crippen molar-refractivity contribution < 1.29 is 14.3 Å². The molecule has 2 aliphatic rings. The molecular weight excluding hydrogens is 344 g/mol. The number of carbonyl (C=O) groups excluding carboxylic acids is 1. The Bertz CT molecular complexity index is 834. The summed E-state index contributed by atoms with van der Waals surface area (Å²) >= 11 is 0. The number of rotatable bonds is 3. The van der Waals surface area contributed by atoms with Crippen LogP contribution in [0, 0.1) is 6.92 Å². The Morgan fingerprint density at radius 2 is 1.96 bits per heavy atom. The van der Waals surface area contributed by atoms with Gasteiger partial charge in [0.05, 0.1) is 5.56 Å². The van der Waals surface area contributed by atoms with Crippen LogP contribution in [-0.4, -0.2) is 60.2 Å². The van der Waals surface area contributed by atoms with Crippen LogP contribution in [0.15, 0.2) is 30.6 Å². The standard InChI is InChI=1S/C20H24N4O3/c1-14-12-18(22-13-21-14)23(2)15-6-8-24(9-7-15)20(25)16-4-3-5-17-19(16)27-11-10-26-17/h3-5,12-13,15H,6-11H2,1-2H3. The zero-order valence-electron chi connectivity index (χ0n) is 15.7. The highest BCUT2D eigenvalue weighted by atomic mass is 16.6. The van der Waals surface area contributed by atoms with Crippen LogP contribution in [0.2, 0.25) is 0 Å². The highest BCUT2D eigenvalue weighted by molar-refractivity contribution is 5.98. The van der Waals surface area contributed by atoms with Gasteiger partial charge in [-0.1, -0.05) is 6.07 Å². The number of piperidine rings is 1. The number of benzene rings is 1. The van der Waals surface area contributed by atoms with E-state index in [2.05, 4.69) is 21.9 Å². The Morgan fingerprint density at radius 1 is 1.19 bits per heavy atom. The van der Waals surface area contributed by atoms with E-state index in [4.69, 9.17) is 9.47 Å². The molecule has 2 aliphatic heterocycles. The van der Waals surface area contributed by atoms with E-state index in [0.717, 1.165) is 24.4 Å². The minimum atomic E-state index is 0.0105. The summed E-state index contributed by atoms with van der Waals surface area (Å²) in [5, 5.41) is 0. The smallest absolute Gasteiger partial charge is 0.257 e. The number of carbonyl (C=O) groups is 1. The largest absolute Gasteiger partial charge is 0.486 e. The van der Waals surface area contributed by atoms with Crippen LogP contribution in [0.1, 0.15) is 28.9 Å². The summed E-state index contributed by atoms with van der Waals surface area (Å²) in [6, 6.07) is 7.85. The van der Waals surface area contributed by atoms with Gasteiger partial charge in [-0.05, 0) is 31.9 Å². The fraction of sp³-hybridized carbons (Fsp3) is 0.450. The highest BCUT2D eigenvalue weighted by Gasteiger charge is 2.29. The molecule has 0 radical (unpaired) electrons. The van der Waals surface area contributed by atoms with E-state index in [0.29, 0.717) is 49.4 Å². The fourth-order valence-corrected chi connectivity index (χ4v) is 3.69. The average molecular weight is 368 g/mol. The number of aryl methyl sites for hydroxylation is 1. The Hall–Kier alpha value is -2.83. The van der Waals surface area contributed by atoms with E-state index in [9.17, 15) is 4.79 Å². The zero-order valence-corrected chi connectivity index (χ0v) is 15.7. The molecule has 27 heavy (non-hydrogen) atoms. The monoisotopic (exact) mass is 368 g/mol. The highest BCUT2D eigenvalue weighted by Crippen LogP contribution is 2.34. The normalized spacial score (nSPS) is 16.9. The molecule has 0 bridgehead atoms. The van der Waals surface area contributed by atoms with Crippen molar-refractivity contribution in [3.05, 3.63) is 41.9 Å². The summed E-state index contributed by atoms with van der Waals surface area (Å²) in [5.41, 5.74) is 1.54. The summed E-state index contributed by atoms with van der Waals surface area (Å²) in [6.45, 7) is 4.38. The van der Waals surface area contributed by atoms with Crippen molar-refractivity contribution in [3.8, 4) is 11.5 Å². The summed E-state index contributed by atoms with van der Waals surface area (Å²) in [7, 11) is 2.06. The third-order valence-corrected chi connectivity index (χ3v) is 5.25. The summed E-state index contributed by atoms with van der Waals surface area (Å²) in [4.78, 5) is 25.6. The number of hydrogen-bond acceptors (Lipinski definition) is 6. The van der Waals surface area contributed by atoms with E-state index in [1.807, 2.05) is 36.1 Å². The van der Waals surface area contributed by atoms with Gasteiger partial charge in [0.2, 0.25) is 0 Å². The molecule has 1 fully saturated rings. The summed E-state index contributed by atoms with van der Waals surface area (Å²) < 4.78 is 11.3. The van der Waals surface area contributed by atoms with E-state index >= 15 is 0 Å². The lowest BCUT2D eigenvalue weighted by atomic mass is 10.0. The van der Waals surface area contributed by atoms with Gasteiger partial charge in [0.25, 0.3) is 5.91 Å². The van der Waals surface area contributed by atoms with Crippen LogP contribution in [0.4, 0.5) is 5.82 Å². The number of nitrogens with zero attached hydrogens (tertiary/aromatic N) is 4. The molecule has 7 nitrogen and oxygen atoms in total. The van der Waals surface area contributed by atoms with E-state index in [-0.39, 0.29) is 5.91 Å². The Kier molecular flexibility index (Phi) is 4.83. The minimum Gasteiger partial charge on any atom is -0.486 e. The van der Waals surface area contributed by atoms with Crippen molar-refractivity contribution in [3.63, 3.8) is 0 Å². The molecule has 0 N–H and O–H groups in total. The molecule has 0 saturated carbocycles. The van der Waals surface area contributed by atoms with Crippen molar-refractivity contribution in [2.24, 2.45) is 0 Å². The molecule has 4 rings (SSSR count). The number of anilines is 1. The third kappa shape index (κ3) is 3.54. The van der Waals surface area contributed by atoms with Crippen LogP contribution in [0.3, 0.4) is 0 Å². The van der Waals surface area contributed by atoms with Crippen LogP contribution < -0.4 is 14.4 Å². The molecule has 0 atom stereocenters. The van der Waals surface area contributed by atoms with Gasteiger partial charge in [0, 0.05) is 37.9 Å². The second-order valence-corrected chi connectivity index (χ2v) is 6.98. The molecule has 1 amide bonds. The van der Waals surface area contributed by atoms with Gasteiger partial charge in [-0.25, -0.2) is 9.97 Å². The van der Waals surface area contributed by atoms with Gasteiger partial charge in [-0.2, -0.15) is 0 Å². The maximum absolute atomic E-state index is 13.0. The Balaban J connectivity index is 1.43. The van der Waals surface area contributed by atoms with Crippen molar-refractivity contribution in [2.45, 2.75) is 25.8 Å². The van der Waals surface area contributed by atoms with Crippen molar-refractivity contribution in [2.75, 3.05) is 38.3 Å². The number of fused-ring (bicyclic) bond motifs is 1. The van der Waals surface area contributed by atoms with Crippen LogP contribution >= 0.6 is 0 Å². The van der Waals surface area contributed by atoms with Crippen LogP contribution in [0.25, 0.3) is 0 Å². The SMILES string of the molecule is Cc1cc(N(C)C2CCN(C(=O)c3cccc4c3OCCO4)CC2)ncn1. The summed E-state index contributed by atoms with van der Waals surface area (Å²) in [5.74, 6) is 2.16. The average Bonchev–Trinajstić information content (AvgIpc) is 2.72. The number of ether oxygens (including phenoxy) is 2. The van der Waals surface area contributed by atoms with Crippen molar-refractivity contribution in [1.82, 2.24) is 14.9 Å². The van der Waals surface area contributed by atoms with Crippen molar-refractivity contribution >= 4 is 11.7 Å². The number of likely N-dealkylation sites (tertiary alicyclic amines) is 1. The van der Waals surface area contributed by atoms with Gasteiger partial charge in [0.1, 0.15) is 25.4 Å². The lowest BCUT2D eigenvalue weighted by Crippen LogP contribution is -2.46. The first kappa shape index (κ1) is 17.6. The maximum atomic E-state index is 13.0. The predicted molar refractivity (Wildman–Crippen MR) is 102 cm³/mol. The lowest BCUT2D eigenvalue weighted by Gasteiger charge is -2.37. The number of para-hydroxylation sites is 1. The molecule has 1 aromatic heterocycles. The van der Waals surface area contributed by atoms with E-state index < -0.39 is 0 Å². The third-order valence-electron chi connectivity index (χ3n) is 5.25. The predicted octanol–water partition coefficient (Wildman–Crippen LogP) is 2.30. The Labute approximate surface area is 158 Å². The second kappa shape index (κ2) is 7.42. The Morgan fingerprint density at radius 3 is 2.74 bits per heavy atom. The summed E-state index contributed by atoms with van der Waals surface area (Å²) in [6.07, 6.45) is 3.40. The molecule has 0 unspecified atom stereocenters. The van der Waals surface area contributed by atoms with Crippen LogP contribution in [-0.2, 0) is 0 Å². The van der Waals surface area contributed by atoms with Gasteiger partial charge < -0.3 is 19.3 Å². The molecular formula is C20H24N4O3. The quantitative estimate of drug-likeness (QED) is 0.828. The van der Waals surface area contributed by atoms with E-state index in [1.54, 1.807) is 6.33 Å². The first-order valence-corrected chi connectivity index (χ1v) is 9.33. The first-order valence-electron chi connectivity index (χ1n) is 9.33.